The fourth-order valence-electron chi connectivity index (χ4n) is 11.6. The number of unbranched alkanes of at least 4 members (excludes halogenated alkanes) is 14. The molecule has 0 aromatic carbocycles. The summed E-state index contributed by atoms with van der Waals surface area (Å²) in [5, 5.41) is 0. The topological polar surface area (TPSA) is 26.3 Å². The number of hydrogen-bond donors (Lipinski definition) is 0. The van der Waals surface area contributed by atoms with Crippen molar-refractivity contribution in [3.8, 4) is 0 Å². The first-order valence-electron chi connectivity index (χ1n) is 21.6. The highest BCUT2D eigenvalue weighted by molar-refractivity contribution is 5.69. The van der Waals surface area contributed by atoms with Crippen LogP contribution < -0.4 is 0 Å². The van der Waals surface area contributed by atoms with E-state index in [4.69, 9.17) is 4.74 Å². The normalized spacial score (nSPS) is 32.4. The molecule has 4 aliphatic carbocycles. The van der Waals surface area contributed by atoms with Crippen molar-refractivity contribution in [1.29, 1.82) is 0 Å². The molecular weight excluding hydrogens is 572 g/mol. The Labute approximate surface area is 293 Å². The first kappa shape index (κ1) is 39.0. The Hall–Kier alpha value is -0.790. The molecule has 0 aliphatic heterocycles. The molecule has 0 aromatic heterocycles. The van der Waals surface area contributed by atoms with Crippen molar-refractivity contribution >= 4 is 5.97 Å². The highest BCUT2D eigenvalue weighted by Gasteiger charge is 2.59. The number of allylic oxidation sites excluding steroid dienone is 1. The minimum absolute atomic E-state index is 0.0653. The van der Waals surface area contributed by atoms with Crippen LogP contribution in [0.15, 0.2) is 11.6 Å². The maximum atomic E-state index is 12.8. The summed E-state index contributed by atoms with van der Waals surface area (Å²) in [7, 11) is 0. The quantitative estimate of drug-likeness (QED) is 0.0661. The molecule has 4 aliphatic rings. The minimum Gasteiger partial charge on any atom is -0.462 e. The SMILES string of the molecule is CCCCCCCCCCCCCCCCCC(=O)O[C@H]1CC[C@@]2(C)C(=CC[C@@H]3[C@@H]2CC[C@]2(C)C([C@H](C)CCCC(C)C)CC[C@@H]32)C1. The van der Waals surface area contributed by atoms with E-state index < -0.39 is 0 Å². The summed E-state index contributed by atoms with van der Waals surface area (Å²) in [5.41, 5.74) is 2.54. The molecule has 0 radical (unpaired) electrons. The van der Waals surface area contributed by atoms with E-state index in [9.17, 15) is 4.79 Å². The molecule has 3 fully saturated rings. The Kier molecular flexibility index (Phi) is 16.2. The zero-order valence-corrected chi connectivity index (χ0v) is 32.5. The first-order valence-corrected chi connectivity index (χ1v) is 21.6. The zero-order chi connectivity index (χ0) is 33.7. The summed E-state index contributed by atoms with van der Waals surface area (Å²) >= 11 is 0. The molecule has 8 atom stereocenters. The average Bonchev–Trinajstić information content (AvgIpc) is 3.40. The number of carbonyl (C=O) groups is 1. The molecule has 3 saturated carbocycles. The van der Waals surface area contributed by atoms with Gasteiger partial charge in [-0.25, -0.2) is 0 Å². The molecule has 0 heterocycles. The second-order valence-corrected chi connectivity index (χ2v) is 18.3. The molecule has 0 spiro atoms. The third kappa shape index (κ3) is 10.8. The molecule has 2 nitrogen and oxygen atoms in total. The summed E-state index contributed by atoms with van der Waals surface area (Å²) in [6.45, 7) is 15.0. The number of rotatable bonds is 22. The van der Waals surface area contributed by atoms with Gasteiger partial charge in [0.15, 0.2) is 0 Å². The van der Waals surface area contributed by atoms with Crippen LogP contribution in [-0.2, 0) is 9.53 Å². The van der Waals surface area contributed by atoms with Crippen LogP contribution in [0.5, 0.6) is 0 Å². The highest BCUT2D eigenvalue weighted by atomic mass is 16.5. The van der Waals surface area contributed by atoms with E-state index in [-0.39, 0.29) is 12.1 Å². The molecule has 4 rings (SSSR count). The smallest absolute Gasteiger partial charge is 0.306 e. The Morgan fingerprint density at radius 1 is 0.745 bits per heavy atom. The fourth-order valence-corrected chi connectivity index (χ4v) is 11.6. The largest absolute Gasteiger partial charge is 0.462 e. The lowest BCUT2D eigenvalue weighted by Gasteiger charge is -2.58. The first-order chi connectivity index (χ1) is 22.7. The summed E-state index contributed by atoms with van der Waals surface area (Å²) < 4.78 is 6.13. The lowest BCUT2D eigenvalue weighted by Crippen LogP contribution is -2.51. The second kappa shape index (κ2) is 19.6. The van der Waals surface area contributed by atoms with Crippen molar-refractivity contribution in [2.45, 2.75) is 221 Å². The molecule has 272 valence electrons. The average molecular weight is 653 g/mol. The van der Waals surface area contributed by atoms with Crippen molar-refractivity contribution in [1.82, 2.24) is 0 Å². The van der Waals surface area contributed by atoms with Gasteiger partial charge < -0.3 is 4.74 Å². The molecule has 0 N–H and O–H groups in total. The van der Waals surface area contributed by atoms with Gasteiger partial charge >= 0.3 is 5.97 Å². The summed E-state index contributed by atoms with van der Waals surface area (Å²) in [5.74, 6) is 5.34. The van der Waals surface area contributed by atoms with E-state index in [1.54, 1.807) is 5.57 Å². The predicted octanol–water partition coefficient (Wildman–Crippen LogP) is 14.2. The van der Waals surface area contributed by atoms with E-state index in [2.05, 4.69) is 47.6 Å². The monoisotopic (exact) mass is 653 g/mol. The van der Waals surface area contributed by atoms with Gasteiger partial charge in [0.2, 0.25) is 0 Å². The van der Waals surface area contributed by atoms with E-state index >= 15 is 0 Å². The third-order valence-electron chi connectivity index (χ3n) is 14.5. The van der Waals surface area contributed by atoms with Crippen LogP contribution >= 0.6 is 0 Å². The van der Waals surface area contributed by atoms with Gasteiger partial charge in [0.1, 0.15) is 6.10 Å². The molecule has 47 heavy (non-hydrogen) atoms. The van der Waals surface area contributed by atoms with Crippen molar-refractivity contribution in [2.24, 2.45) is 46.3 Å². The van der Waals surface area contributed by atoms with E-state index in [1.165, 1.54) is 148 Å². The van der Waals surface area contributed by atoms with Crippen LogP contribution in [0.3, 0.4) is 0 Å². The fraction of sp³-hybridized carbons (Fsp3) is 0.933. The molecule has 0 aromatic rings. The van der Waals surface area contributed by atoms with Crippen molar-refractivity contribution in [2.75, 3.05) is 0 Å². The van der Waals surface area contributed by atoms with Crippen LogP contribution in [0.2, 0.25) is 0 Å². The van der Waals surface area contributed by atoms with Crippen LogP contribution in [0.25, 0.3) is 0 Å². The number of esters is 1. The molecular formula is C45H80O2. The lowest BCUT2D eigenvalue weighted by atomic mass is 9.47. The molecule has 2 heteroatoms. The molecule has 0 saturated heterocycles. The van der Waals surface area contributed by atoms with E-state index in [1.807, 2.05) is 0 Å². The van der Waals surface area contributed by atoms with Gasteiger partial charge in [-0.05, 0) is 97.7 Å². The molecule has 0 amide bonds. The molecule has 1 unspecified atom stereocenters. The molecule has 0 bridgehead atoms. The van der Waals surface area contributed by atoms with Crippen molar-refractivity contribution < 1.29 is 9.53 Å². The summed E-state index contributed by atoms with van der Waals surface area (Å²) in [4.78, 5) is 12.8. The van der Waals surface area contributed by atoms with Gasteiger partial charge in [-0.2, -0.15) is 0 Å². The maximum Gasteiger partial charge on any atom is 0.306 e. The van der Waals surface area contributed by atoms with Gasteiger partial charge in [-0.3, -0.25) is 4.79 Å². The number of fused-ring (bicyclic) bond motifs is 5. The number of hydrogen-bond acceptors (Lipinski definition) is 2. The van der Waals surface area contributed by atoms with E-state index in [0.29, 0.717) is 17.3 Å². The predicted molar refractivity (Wildman–Crippen MR) is 202 cm³/mol. The van der Waals surface area contributed by atoms with Crippen LogP contribution in [-0.4, -0.2) is 12.1 Å². The Balaban J connectivity index is 1.10. The van der Waals surface area contributed by atoms with Crippen LogP contribution in [0.1, 0.15) is 215 Å². The minimum atomic E-state index is 0.0653. The Morgan fingerprint density at radius 3 is 1.98 bits per heavy atom. The number of carbonyl (C=O) groups excluding carboxylic acids is 1. The second-order valence-electron chi connectivity index (χ2n) is 18.3. The van der Waals surface area contributed by atoms with Crippen molar-refractivity contribution in [3.05, 3.63) is 11.6 Å². The lowest BCUT2D eigenvalue weighted by molar-refractivity contribution is -0.151. The highest BCUT2D eigenvalue weighted by Crippen LogP contribution is 2.67. The van der Waals surface area contributed by atoms with E-state index in [0.717, 1.165) is 54.8 Å². The van der Waals surface area contributed by atoms with Gasteiger partial charge in [0, 0.05) is 12.8 Å². The summed E-state index contributed by atoms with van der Waals surface area (Å²) in [6.07, 6.45) is 38.4. The van der Waals surface area contributed by atoms with Gasteiger partial charge in [-0.15, -0.1) is 0 Å². The summed E-state index contributed by atoms with van der Waals surface area (Å²) in [6, 6.07) is 0. The van der Waals surface area contributed by atoms with Crippen LogP contribution in [0.4, 0.5) is 0 Å². The van der Waals surface area contributed by atoms with Gasteiger partial charge in [0.25, 0.3) is 0 Å². The standard InChI is InChI=1S/C45H80O2/c1-7-8-9-10-11-12-13-14-15-16-17-18-19-20-21-25-43(46)47-38-30-32-44(5)37(34-38)26-27-39-41-29-28-40(36(4)24-22-23-35(2)3)45(41,6)33-31-42(39)44/h26,35-36,38-42H,7-25,27-34H2,1-6H3/t36-,38+,39+,40?,41+,42+,44+,45-/m1/s1. The van der Waals surface area contributed by atoms with Gasteiger partial charge in [-0.1, -0.05) is 162 Å². The van der Waals surface area contributed by atoms with Crippen molar-refractivity contribution in [3.63, 3.8) is 0 Å². The maximum absolute atomic E-state index is 12.8. The zero-order valence-electron chi connectivity index (χ0n) is 32.5. The third-order valence-corrected chi connectivity index (χ3v) is 14.5. The van der Waals surface area contributed by atoms with Gasteiger partial charge in [0.05, 0.1) is 0 Å². The van der Waals surface area contributed by atoms with Crippen LogP contribution in [0, 0.1) is 46.3 Å². The number of ether oxygens (including phenoxy) is 1. The Morgan fingerprint density at radius 2 is 1.36 bits per heavy atom. The Bertz CT molecular complexity index is 934.